The fraction of sp³-hybridized carbons (Fsp3) is 0.125. The summed E-state index contributed by atoms with van der Waals surface area (Å²) >= 11 is 0. The molecule has 0 aliphatic rings. The molecule has 2 aromatic heterocycles. The Kier molecular flexibility index (Phi) is 1.59. The maximum atomic E-state index is 4.20. The molecule has 12 heavy (non-hydrogen) atoms. The molecule has 0 saturated carbocycles. The second-order valence-electron chi connectivity index (χ2n) is 2.37. The van der Waals surface area contributed by atoms with Crippen molar-refractivity contribution in [1.82, 2.24) is 20.0 Å². The Hall–Kier alpha value is -1.71. The van der Waals surface area contributed by atoms with E-state index in [1.54, 1.807) is 18.5 Å². The van der Waals surface area contributed by atoms with E-state index in [2.05, 4.69) is 21.2 Å². The highest BCUT2D eigenvalue weighted by Crippen LogP contribution is 1.99. The summed E-state index contributed by atoms with van der Waals surface area (Å²) in [5.74, 6) is 0.625. The molecule has 4 heteroatoms. The molecule has 4 nitrogen and oxygen atoms in total. The number of aryl methyl sites for hydroxylation is 1. The van der Waals surface area contributed by atoms with Gasteiger partial charge in [-0.2, -0.15) is 10.2 Å². The Morgan fingerprint density at radius 1 is 1.33 bits per heavy atom. The van der Waals surface area contributed by atoms with Gasteiger partial charge in [-0.3, -0.25) is 0 Å². The van der Waals surface area contributed by atoms with Crippen LogP contribution in [0.5, 0.6) is 0 Å². The standard InChI is InChI=1S/C8H7N4/c1-7-3-2-4-8(11-7)12-9-5-6-10-12/h2-3,5-6H,1H3. The lowest BCUT2D eigenvalue weighted by Gasteiger charge is -1.97. The maximum absolute atomic E-state index is 4.20. The van der Waals surface area contributed by atoms with Gasteiger partial charge in [0.25, 0.3) is 0 Å². The van der Waals surface area contributed by atoms with Gasteiger partial charge in [0.15, 0.2) is 5.82 Å². The van der Waals surface area contributed by atoms with Gasteiger partial charge in [-0.15, -0.1) is 4.80 Å². The minimum atomic E-state index is 0.625. The Morgan fingerprint density at radius 2 is 2.08 bits per heavy atom. The maximum Gasteiger partial charge on any atom is 0.182 e. The van der Waals surface area contributed by atoms with Crippen LogP contribution in [-0.4, -0.2) is 20.0 Å². The van der Waals surface area contributed by atoms with E-state index in [1.165, 1.54) is 4.80 Å². The fourth-order valence-corrected chi connectivity index (χ4v) is 0.901. The van der Waals surface area contributed by atoms with Gasteiger partial charge in [0.05, 0.1) is 12.4 Å². The van der Waals surface area contributed by atoms with Gasteiger partial charge in [0, 0.05) is 11.8 Å². The second-order valence-corrected chi connectivity index (χ2v) is 2.37. The third-order valence-electron chi connectivity index (χ3n) is 1.43. The summed E-state index contributed by atoms with van der Waals surface area (Å²) in [5.41, 5.74) is 0.932. The Labute approximate surface area is 69.9 Å². The summed E-state index contributed by atoms with van der Waals surface area (Å²) < 4.78 is 0. The molecule has 2 rings (SSSR count). The van der Waals surface area contributed by atoms with E-state index in [1.807, 2.05) is 13.0 Å². The number of hydrogen-bond donors (Lipinski definition) is 0. The number of pyridine rings is 1. The van der Waals surface area contributed by atoms with E-state index in [0.717, 1.165) is 5.69 Å². The van der Waals surface area contributed by atoms with Crippen molar-refractivity contribution in [2.75, 3.05) is 0 Å². The van der Waals surface area contributed by atoms with Crippen molar-refractivity contribution in [2.24, 2.45) is 0 Å². The number of rotatable bonds is 1. The molecule has 0 aliphatic heterocycles. The van der Waals surface area contributed by atoms with Gasteiger partial charge < -0.3 is 0 Å². The van der Waals surface area contributed by atoms with Crippen LogP contribution in [-0.2, 0) is 0 Å². The van der Waals surface area contributed by atoms with E-state index >= 15 is 0 Å². The van der Waals surface area contributed by atoms with Crippen molar-refractivity contribution in [3.05, 3.63) is 36.3 Å². The monoisotopic (exact) mass is 159 g/mol. The first-order valence-electron chi connectivity index (χ1n) is 3.58. The SMILES string of the molecule is Cc1cc[c]c(-n2nccn2)n1. The van der Waals surface area contributed by atoms with Crippen molar-refractivity contribution in [1.29, 1.82) is 0 Å². The average Bonchev–Trinajstić information content (AvgIpc) is 2.56. The largest absolute Gasteiger partial charge is 0.232 e. The van der Waals surface area contributed by atoms with Crippen molar-refractivity contribution in [2.45, 2.75) is 6.92 Å². The smallest absolute Gasteiger partial charge is 0.182 e. The van der Waals surface area contributed by atoms with Crippen molar-refractivity contribution >= 4 is 0 Å². The van der Waals surface area contributed by atoms with Crippen LogP contribution in [0.15, 0.2) is 24.5 Å². The predicted octanol–water partition coefficient (Wildman–Crippen LogP) is 0.771. The first-order chi connectivity index (χ1) is 5.86. The van der Waals surface area contributed by atoms with Gasteiger partial charge in [0.1, 0.15) is 0 Å². The third-order valence-corrected chi connectivity index (χ3v) is 1.43. The van der Waals surface area contributed by atoms with Crippen LogP contribution in [0.4, 0.5) is 0 Å². The minimum Gasteiger partial charge on any atom is -0.232 e. The molecule has 0 atom stereocenters. The molecular weight excluding hydrogens is 152 g/mol. The number of hydrogen-bond acceptors (Lipinski definition) is 3. The molecule has 2 heterocycles. The van der Waals surface area contributed by atoms with Crippen LogP contribution >= 0.6 is 0 Å². The normalized spacial score (nSPS) is 10.1. The summed E-state index contributed by atoms with van der Waals surface area (Å²) in [6.45, 7) is 1.92. The molecule has 1 radical (unpaired) electrons. The van der Waals surface area contributed by atoms with Crippen LogP contribution in [0.2, 0.25) is 0 Å². The number of nitrogens with zero attached hydrogens (tertiary/aromatic N) is 4. The summed E-state index contributed by atoms with van der Waals surface area (Å²) in [4.78, 5) is 5.64. The first kappa shape index (κ1) is 6.97. The van der Waals surface area contributed by atoms with Gasteiger partial charge in [-0.25, -0.2) is 4.98 Å². The molecule has 0 bridgehead atoms. The molecule has 0 aromatic carbocycles. The highest BCUT2D eigenvalue weighted by molar-refractivity contribution is 5.19. The third kappa shape index (κ3) is 1.18. The summed E-state index contributed by atoms with van der Waals surface area (Å²) in [6, 6.07) is 6.63. The minimum absolute atomic E-state index is 0.625. The van der Waals surface area contributed by atoms with Gasteiger partial charge >= 0.3 is 0 Å². The van der Waals surface area contributed by atoms with Crippen molar-refractivity contribution in [3.8, 4) is 5.82 Å². The van der Waals surface area contributed by atoms with Gasteiger partial charge in [0.2, 0.25) is 0 Å². The highest BCUT2D eigenvalue weighted by atomic mass is 15.5. The predicted molar refractivity (Wildman–Crippen MR) is 42.7 cm³/mol. The topological polar surface area (TPSA) is 43.6 Å². The van der Waals surface area contributed by atoms with E-state index in [-0.39, 0.29) is 0 Å². The molecule has 59 valence electrons. The molecule has 0 amide bonds. The molecule has 0 N–H and O–H groups in total. The quantitative estimate of drug-likeness (QED) is 0.617. The van der Waals surface area contributed by atoms with Crippen LogP contribution in [0.25, 0.3) is 5.82 Å². The van der Waals surface area contributed by atoms with Crippen LogP contribution in [0.3, 0.4) is 0 Å². The molecule has 0 saturated heterocycles. The lowest BCUT2D eigenvalue weighted by molar-refractivity contribution is 0.725. The molecular formula is C8H7N4. The van der Waals surface area contributed by atoms with Crippen molar-refractivity contribution < 1.29 is 0 Å². The van der Waals surface area contributed by atoms with Gasteiger partial charge in [-0.05, 0) is 19.1 Å². The average molecular weight is 159 g/mol. The first-order valence-corrected chi connectivity index (χ1v) is 3.58. The lowest BCUT2D eigenvalue weighted by atomic mass is 10.4. The van der Waals surface area contributed by atoms with Crippen LogP contribution in [0, 0.1) is 13.0 Å². The van der Waals surface area contributed by atoms with Crippen LogP contribution < -0.4 is 0 Å². The number of aromatic nitrogens is 4. The van der Waals surface area contributed by atoms with E-state index in [4.69, 9.17) is 0 Å². The lowest BCUT2D eigenvalue weighted by Crippen LogP contribution is -2.01. The Morgan fingerprint density at radius 3 is 2.75 bits per heavy atom. The van der Waals surface area contributed by atoms with E-state index < -0.39 is 0 Å². The highest BCUT2D eigenvalue weighted by Gasteiger charge is 1.97. The Bertz CT molecular complexity index is 366. The molecule has 0 unspecified atom stereocenters. The molecule has 0 aliphatic carbocycles. The summed E-state index contributed by atoms with van der Waals surface area (Å²) in [5, 5.41) is 7.88. The fourth-order valence-electron chi connectivity index (χ4n) is 0.901. The van der Waals surface area contributed by atoms with Gasteiger partial charge in [-0.1, -0.05) is 0 Å². The van der Waals surface area contributed by atoms with E-state index in [9.17, 15) is 0 Å². The second kappa shape index (κ2) is 2.73. The molecule has 0 fully saturated rings. The zero-order valence-electron chi connectivity index (χ0n) is 6.60. The zero-order chi connectivity index (χ0) is 8.39. The zero-order valence-corrected chi connectivity index (χ0v) is 6.60. The van der Waals surface area contributed by atoms with Crippen LogP contribution in [0.1, 0.15) is 5.69 Å². The molecule has 0 spiro atoms. The van der Waals surface area contributed by atoms with E-state index in [0.29, 0.717) is 5.82 Å². The summed E-state index contributed by atoms with van der Waals surface area (Å²) in [7, 11) is 0. The Balaban J connectivity index is 2.48. The molecule has 2 aromatic rings. The summed E-state index contributed by atoms with van der Waals surface area (Å²) in [6.07, 6.45) is 3.22. The van der Waals surface area contributed by atoms with Crippen molar-refractivity contribution in [3.63, 3.8) is 0 Å².